The number of allylic oxidation sites excluding steroid dienone is 4. The zero-order valence-electron chi connectivity index (χ0n) is 24.3. The van der Waals surface area contributed by atoms with Crippen LogP contribution in [0.1, 0.15) is 89.5 Å². The van der Waals surface area contributed by atoms with Gasteiger partial charge in [0.2, 0.25) is 5.91 Å². The number of hydrogen-bond acceptors (Lipinski definition) is 6. The Bertz CT molecular complexity index is 872. The van der Waals surface area contributed by atoms with Crippen LogP contribution < -0.4 is 10.6 Å². The van der Waals surface area contributed by atoms with Gasteiger partial charge in [0.1, 0.15) is 5.76 Å². The van der Waals surface area contributed by atoms with E-state index < -0.39 is 23.8 Å². The van der Waals surface area contributed by atoms with Crippen molar-refractivity contribution in [1.29, 1.82) is 0 Å². The summed E-state index contributed by atoms with van der Waals surface area (Å²) in [6, 6.07) is 2.74. The summed E-state index contributed by atoms with van der Waals surface area (Å²) in [4.78, 5) is 35.8. The Labute approximate surface area is 231 Å². The van der Waals surface area contributed by atoms with Gasteiger partial charge in [-0.05, 0) is 30.1 Å². The normalized spacial score (nSPS) is 15.0. The number of methoxy groups -OCH3 is 2. The molecule has 216 valence electrons. The molecule has 3 atom stereocenters. The molecule has 0 radical (unpaired) electrons. The lowest BCUT2D eigenvalue weighted by molar-refractivity contribution is -0.141. The first-order chi connectivity index (χ1) is 18.2. The van der Waals surface area contributed by atoms with Crippen LogP contribution in [-0.4, -0.2) is 56.9 Å². The highest BCUT2D eigenvalue weighted by Gasteiger charge is 2.18. The van der Waals surface area contributed by atoms with E-state index in [9.17, 15) is 14.4 Å². The summed E-state index contributed by atoms with van der Waals surface area (Å²) in [5.74, 6) is 0.292. The number of carbonyl (C=O) groups excluding carboxylic acids is 3. The van der Waals surface area contributed by atoms with E-state index >= 15 is 0 Å². The smallest absolute Gasteiger partial charge is 0.307 e. The first-order valence-corrected chi connectivity index (χ1v) is 14.2. The van der Waals surface area contributed by atoms with Crippen molar-refractivity contribution in [1.82, 2.24) is 10.6 Å². The fraction of sp³-hybridized carbons (Fsp3) is 0.621. The van der Waals surface area contributed by atoms with Gasteiger partial charge in [0.25, 0.3) is 5.91 Å². The Kier molecular flexibility index (Phi) is 20.1. The van der Waals surface area contributed by atoms with Crippen molar-refractivity contribution in [3.63, 3.8) is 0 Å². The summed E-state index contributed by atoms with van der Waals surface area (Å²) in [7, 11) is 5.42. The number of esters is 1. The Balaban J connectivity index is 0.00000147. The van der Waals surface area contributed by atoms with Crippen molar-refractivity contribution in [3.8, 4) is 0 Å². The van der Waals surface area contributed by atoms with E-state index in [1.807, 2.05) is 45.9 Å². The van der Waals surface area contributed by atoms with Gasteiger partial charge in [-0.1, -0.05) is 78.5 Å². The molecule has 0 aliphatic heterocycles. The van der Waals surface area contributed by atoms with Crippen molar-refractivity contribution in [3.05, 3.63) is 41.9 Å². The summed E-state index contributed by atoms with van der Waals surface area (Å²) < 4.78 is 15.3. The van der Waals surface area contributed by atoms with Crippen molar-refractivity contribution in [2.24, 2.45) is 5.92 Å². The second-order valence-electron chi connectivity index (χ2n) is 9.03. The molecule has 0 aromatic carbocycles. The standard InChI is InChI=1S/C21H31N2O6P.C6H12.C2H6/c1-5-6-7-15(10-14(2)30)17-8-9-18(29-17)21(26)22-12-19(24)23-16(13-27-3)11-20(25)28-4;1-6-4-2-3-5-6;1-2/h6-10,14,16H,5,11-13,30H2,1-4H3,(H,22,26)(H,23,24);6H,2-5H2,1H3;1-2H3/b7-6-,15-10+;;/t14?,16-;;/m0../s1. The number of rotatable bonds is 12. The molecule has 1 aromatic heterocycles. The Morgan fingerprint density at radius 1 is 1.16 bits per heavy atom. The zero-order chi connectivity index (χ0) is 28.9. The summed E-state index contributed by atoms with van der Waals surface area (Å²) in [5, 5.41) is 5.13. The second-order valence-corrected chi connectivity index (χ2v) is 10.1. The highest BCUT2D eigenvalue weighted by Crippen LogP contribution is 2.23. The number of hydrogen-bond donors (Lipinski definition) is 2. The number of nitrogens with one attached hydrogen (secondary N) is 2. The quantitative estimate of drug-likeness (QED) is 0.200. The van der Waals surface area contributed by atoms with E-state index in [1.54, 1.807) is 12.1 Å². The minimum Gasteiger partial charge on any atom is -0.469 e. The average molecular weight is 553 g/mol. The largest absolute Gasteiger partial charge is 0.469 e. The van der Waals surface area contributed by atoms with Gasteiger partial charge in [0.15, 0.2) is 5.76 Å². The SMILES string of the molecule is CC.CC/C=C\C(=C/C(C)P)c1ccc(C(=O)NCC(=O)N[C@H](COC)CC(=O)OC)o1.CC1CCCC1. The summed E-state index contributed by atoms with van der Waals surface area (Å²) in [5.41, 5.74) is 1.11. The lowest BCUT2D eigenvalue weighted by atomic mass is 10.1. The van der Waals surface area contributed by atoms with Gasteiger partial charge < -0.3 is 24.5 Å². The minimum atomic E-state index is -0.547. The molecule has 1 aromatic rings. The first kappa shape index (κ1) is 35.6. The molecule has 2 amide bonds. The van der Waals surface area contributed by atoms with Crippen molar-refractivity contribution >= 4 is 32.6 Å². The molecule has 1 saturated carbocycles. The first-order valence-electron chi connectivity index (χ1n) is 13.6. The maximum absolute atomic E-state index is 12.3. The van der Waals surface area contributed by atoms with Crippen molar-refractivity contribution < 1.29 is 28.3 Å². The van der Waals surface area contributed by atoms with E-state index in [4.69, 9.17) is 9.15 Å². The zero-order valence-corrected chi connectivity index (χ0v) is 25.5. The van der Waals surface area contributed by atoms with Crippen LogP contribution in [0.2, 0.25) is 0 Å². The van der Waals surface area contributed by atoms with Crippen LogP contribution >= 0.6 is 9.24 Å². The molecule has 0 bridgehead atoms. The average Bonchev–Trinajstić information content (AvgIpc) is 3.58. The van der Waals surface area contributed by atoms with E-state index in [0.29, 0.717) is 5.76 Å². The molecule has 38 heavy (non-hydrogen) atoms. The molecule has 2 unspecified atom stereocenters. The van der Waals surface area contributed by atoms with E-state index in [1.165, 1.54) is 39.9 Å². The predicted octanol–water partition coefficient (Wildman–Crippen LogP) is 5.54. The van der Waals surface area contributed by atoms with Crippen LogP contribution in [0.25, 0.3) is 5.57 Å². The summed E-state index contributed by atoms with van der Waals surface area (Å²) >= 11 is 0. The van der Waals surface area contributed by atoms with Gasteiger partial charge in [-0.15, -0.1) is 9.24 Å². The molecule has 8 nitrogen and oxygen atoms in total. The Hall–Kier alpha value is -2.44. The summed E-state index contributed by atoms with van der Waals surface area (Å²) in [6.45, 7) is 10.3. The van der Waals surface area contributed by atoms with Gasteiger partial charge in [0, 0.05) is 12.7 Å². The monoisotopic (exact) mass is 552 g/mol. The van der Waals surface area contributed by atoms with Crippen LogP contribution in [0.15, 0.2) is 34.8 Å². The lowest BCUT2D eigenvalue weighted by Crippen LogP contribution is -2.44. The van der Waals surface area contributed by atoms with Gasteiger partial charge >= 0.3 is 5.97 Å². The van der Waals surface area contributed by atoms with Crippen LogP contribution in [0.5, 0.6) is 0 Å². The molecule has 9 heteroatoms. The van der Waals surface area contributed by atoms with Crippen LogP contribution in [0, 0.1) is 5.92 Å². The van der Waals surface area contributed by atoms with Crippen LogP contribution in [0.4, 0.5) is 0 Å². The second kappa shape index (κ2) is 21.5. The van der Waals surface area contributed by atoms with Crippen molar-refractivity contribution in [2.45, 2.75) is 84.8 Å². The number of ether oxygens (including phenoxy) is 2. The molecule has 1 aliphatic carbocycles. The van der Waals surface area contributed by atoms with E-state index in [2.05, 4.69) is 31.5 Å². The molecule has 1 heterocycles. The molecule has 1 aliphatic rings. The van der Waals surface area contributed by atoms with E-state index in [-0.39, 0.29) is 31.0 Å². The maximum Gasteiger partial charge on any atom is 0.307 e. The maximum atomic E-state index is 12.3. The minimum absolute atomic E-state index is 0.0277. The topological polar surface area (TPSA) is 107 Å². The molecular weight excluding hydrogens is 503 g/mol. The Morgan fingerprint density at radius 2 is 1.79 bits per heavy atom. The third kappa shape index (κ3) is 15.7. The molecule has 0 spiro atoms. The molecule has 2 N–H and O–H groups in total. The Morgan fingerprint density at radius 3 is 2.29 bits per heavy atom. The lowest BCUT2D eigenvalue weighted by Gasteiger charge is -2.16. The molecule has 1 fully saturated rings. The van der Waals surface area contributed by atoms with Crippen LogP contribution in [0.3, 0.4) is 0 Å². The fourth-order valence-electron chi connectivity index (χ4n) is 3.66. The molecule has 2 rings (SSSR count). The van der Waals surface area contributed by atoms with Crippen molar-refractivity contribution in [2.75, 3.05) is 27.4 Å². The molecule has 0 saturated heterocycles. The van der Waals surface area contributed by atoms with E-state index in [0.717, 1.165) is 17.9 Å². The predicted molar refractivity (Wildman–Crippen MR) is 157 cm³/mol. The van der Waals surface area contributed by atoms with Crippen LogP contribution in [-0.2, 0) is 19.1 Å². The molecular formula is C29H49N2O6P. The van der Waals surface area contributed by atoms with Gasteiger partial charge in [-0.2, -0.15) is 0 Å². The third-order valence-corrected chi connectivity index (χ3v) is 5.71. The third-order valence-electron chi connectivity index (χ3n) is 5.52. The summed E-state index contributed by atoms with van der Waals surface area (Å²) in [6.07, 6.45) is 12.8. The van der Waals surface area contributed by atoms with Gasteiger partial charge in [0.05, 0.1) is 32.7 Å². The number of furan rings is 1. The van der Waals surface area contributed by atoms with Gasteiger partial charge in [-0.3, -0.25) is 14.4 Å². The number of amides is 2. The van der Waals surface area contributed by atoms with Gasteiger partial charge in [-0.25, -0.2) is 0 Å². The fourth-order valence-corrected chi connectivity index (χ4v) is 3.86. The highest BCUT2D eigenvalue weighted by molar-refractivity contribution is 7.17. The number of carbonyl (C=O) groups is 3. The highest BCUT2D eigenvalue weighted by atomic mass is 31.0.